The van der Waals surface area contributed by atoms with Gasteiger partial charge in [-0.25, -0.2) is 4.98 Å². The van der Waals surface area contributed by atoms with E-state index in [1.165, 1.54) is 26.0 Å². The Morgan fingerprint density at radius 3 is 2.06 bits per heavy atom. The molecule has 2 atom stereocenters. The molecule has 0 saturated carbocycles. The van der Waals surface area contributed by atoms with Crippen molar-refractivity contribution in [1.82, 2.24) is 10.3 Å². The fourth-order valence-corrected chi connectivity index (χ4v) is 4.50. The quantitative estimate of drug-likeness (QED) is 0.130. The fourth-order valence-electron chi connectivity index (χ4n) is 4.50. The Morgan fingerprint density at radius 2 is 1.47 bits per heavy atom. The molecule has 0 aliphatic carbocycles. The topological polar surface area (TPSA) is 99.1 Å². The number of aromatic nitrogens is 1. The standard InChI is InChI=1S/C33H38F6N2O6/c1-22(41-30(43)31(2,3)47-29-12-11-26(21-40-29)33(37,38)39)28(19-23-7-9-25(10-8-23)32(34,35)36)24-5-4-6-27(20-24)46-18-17-45-16-15-44-14-13-42/h4-12,20-22,28,42H,13-19H2,1-3H3,(H,41,43). The second kappa shape index (κ2) is 16.8. The van der Waals surface area contributed by atoms with Gasteiger partial charge in [0.2, 0.25) is 5.88 Å². The van der Waals surface area contributed by atoms with E-state index in [9.17, 15) is 31.1 Å². The molecule has 3 rings (SSSR count). The van der Waals surface area contributed by atoms with Gasteiger partial charge in [0.05, 0.1) is 44.2 Å². The number of nitrogens with zero attached hydrogens (tertiary/aromatic N) is 1. The average molecular weight is 673 g/mol. The van der Waals surface area contributed by atoms with Gasteiger partial charge >= 0.3 is 12.4 Å². The minimum absolute atomic E-state index is 0.0760. The fraction of sp³-hybridized carbons (Fsp3) is 0.455. The van der Waals surface area contributed by atoms with Crippen LogP contribution in [0.3, 0.4) is 0 Å². The van der Waals surface area contributed by atoms with Crippen LogP contribution < -0.4 is 14.8 Å². The van der Waals surface area contributed by atoms with Gasteiger partial charge in [0.15, 0.2) is 5.60 Å². The number of rotatable bonds is 17. The Bertz CT molecular complexity index is 1400. The molecule has 47 heavy (non-hydrogen) atoms. The summed E-state index contributed by atoms with van der Waals surface area (Å²) in [6, 6.07) is 13.1. The molecule has 1 heterocycles. The van der Waals surface area contributed by atoms with Crippen LogP contribution in [0, 0.1) is 0 Å². The lowest BCUT2D eigenvalue weighted by Gasteiger charge is -2.31. The normalized spacial score (nSPS) is 13.6. The summed E-state index contributed by atoms with van der Waals surface area (Å²) >= 11 is 0. The third-order valence-electron chi connectivity index (χ3n) is 7.06. The van der Waals surface area contributed by atoms with Crippen LogP contribution in [0.1, 0.15) is 48.9 Å². The van der Waals surface area contributed by atoms with Crippen LogP contribution in [0.2, 0.25) is 0 Å². The molecule has 14 heteroatoms. The van der Waals surface area contributed by atoms with E-state index in [0.717, 1.165) is 29.8 Å². The molecule has 2 unspecified atom stereocenters. The minimum Gasteiger partial charge on any atom is -0.491 e. The summed E-state index contributed by atoms with van der Waals surface area (Å²) in [6.07, 6.45) is -8.21. The largest absolute Gasteiger partial charge is 0.491 e. The van der Waals surface area contributed by atoms with Crippen LogP contribution in [-0.4, -0.2) is 67.3 Å². The first-order valence-electron chi connectivity index (χ1n) is 14.8. The zero-order chi connectivity index (χ0) is 34.7. The van der Waals surface area contributed by atoms with Gasteiger partial charge in [-0.1, -0.05) is 24.3 Å². The van der Waals surface area contributed by atoms with E-state index in [1.807, 2.05) is 6.07 Å². The van der Waals surface area contributed by atoms with Gasteiger partial charge in [0, 0.05) is 24.2 Å². The number of pyridine rings is 1. The molecule has 0 bridgehead atoms. The summed E-state index contributed by atoms with van der Waals surface area (Å²) in [4.78, 5) is 17.0. The number of nitrogens with one attached hydrogen (secondary N) is 1. The van der Waals surface area contributed by atoms with E-state index in [2.05, 4.69) is 10.3 Å². The molecule has 0 aliphatic heterocycles. The van der Waals surface area contributed by atoms with Crippen molar-refractivity contribution in [2.24, 2.45) is 0 Å². The molecule has 8 nitrogen and oxygen atoms in total. The van der Waals surface area contributed by atoms with E-state index in [-0.39, 0.29) is 38.7 Å². The Hall–Kier alpha value is -3.88. The van der Waals surface area contributed by atoms with Gasteiger partial charge in [0.1, 0.15) is 12.4 Å². The van der Waals surface area contributed by atoms with Gasteiger partial charge in [-0.05, 0) is 68.7 Å². The third-order valence-corrected chi connectivity index (χ3v) is 7.06. The number of aliphatic hydroxyl groups excluding tert-OH is 1. The zero-order valence-electron chi connectivity index (χ0n) is 26.2. The molecule has 0 spiro atoms. The molecular formula is C33H38F6N2O6. The summed E-state index contributed by atoms with van der Waals surface area (Å²) in [5.74, 6) is -0.704. The highest BCUT2D eigenvalue weighted by Gasteiger charge is 2.35. The van der Waals surface area contributed by atoms with Crippen LogP contribution in [-0.2, 0) is 33.0 Å². The van der Waals surface area contributed by atoms with E-state index < -0.39 is 46.9 Å². The van der Waals surface area contributed by atoms with Crippen molar-refractivity contribution in [3.05, 3.63) is 89.1 Å². The van der Waals surface area contributed by atoms with Crippen molar-refractivity contribution in [3.8, 4) is 11.6 Å². The van der Waals surface area contributed by atoms with E-state index in [4.69, 9.17) is 24.1 Å². The smallest absolute Gasteiger partial charge is 0.417 e. The molecular weight excluding hydrogens is 634 g/mol. The number of amides is 1. The lowest BCUT2D eigenvalue weighted by atomic mass is 9.86. The molecule has 0 radical (unpaired) electrons. The molecule has 2 N–H and O–H groups in total. The number of halogens is 6. The Balaban J connectivity index is 1.75. The van der Waals surface area contributed by atoms with Crippen molar-refractivity contribution in [1.29, 1.82) is 0 Å². The first kappa shape index (κ1) is 37.6. The van der Waals surface area contributed by atoms with E-state index in [0.29, 0.717) is 30.7 Å². The molecule has 0 aliphatic rings. The van der Waals surface area contributed by atoms with Crippen molar-refractivity contribution in [2.45, 2.75) is 57.1 Å². The number of aliphatic hydroxyl groups is 1. The van der Waals surface area contributed by atoms with Crippen molar-refractivity contribution in [2.75, 3.05) is 39.6 Å². The van der Waals surface area contributed by atoms with Crippen molar-refractivity contribution in [3.63, 3.8) is 0 Å². The van der Waals surface area contributed by atoms with Crippen LogP contribution in [0.15, 0.2) is 66.9 Å². The van der Waals surface area contributed by atoms with Crippen LogP contribution in [0.5, 0.6) is 11.6 Å². The summed E-state index contributed by atoms with van der Waals surface area (Å²) in [5, 5.41) is 11.6. The summed E-state index contributed by atoms with van der Waals surface area (Å²) in [5.41, 5.74) is -1.97. The zero-order valence-corrected chi connectivity index (χ0v) is 26.2. The first-order valence-corrected chi connectivity index (χ1v) is 14.8. The second-order valence-electron chi connectivity index (χ2n) is 11.1. The van der Waals surface area contributed by atoms with Crippen LogP contribution in [0.25, 0.3) is 0 Å². The highest BCUT2D eigenvalue weighted by atomic mass is 19.4. The van der Waals surface area contributed by atoms with Gasteiger partial charge in [-0.3, -0.25) is 4.79 Å². The summed E-state index contributed by atoms with van der Waals surface area (Å²) in [6.45, 7) is 5.91. The number of hydrogen-bond acceptors (Lipinski definition) is 7. The molecule has 2 aromatic carbocycles. The first-order chi connectivity index (χ1) is 22.1. The number of alkyl halides is 6. The van der Waals surface area contributed by atoms with Crippen molar-refractivity contribution < 1.29 is 55.2 Å². The maximum atomic E-state index is 13.4. The second-order valence-corrected chi connectivity index (χ2v) is 11.1. The number of hydrogen-bond donors (Lipinski definition) is 2. The summed E-state index contributed by atoms with van der Waals surface area (Å²) < 4.78 is 100. The lowest BCUT2D eigenvalue weighted by Crippen LogP contribution is -2.51. The Kier molecular flexibility index (Phi) is 13.4. The van der Waals surface area contributed by atoms with Crippen molar-refractivity contribution >= 4 is 5.91 Å². The predicted molar refractivity (Wildman–Crippen MR) is 160 cm³/mol. The lowest BCUT2D eigenvalue weighted by molar-refractivity contribution is -0.138. The Labute approximate surface area is 269 Å². The number of ether oxygens (including phenoxy) is 4. The SMILES string of the molecule is CC(NC(=O)C(C)(C)Oc1ccc(C(F)(F)F)cn1)C(Cc1ccc(C(F)(F)F)cc1)c1cccc(OCCOCCOCCO)c1. The number of benzene rings is 2. The average Bonchev–Trinajstić information content (AvgIpc) is 3.00. The maximum Gasteiger partial charge on any atom is 0.417 e. The molecule has 1 aromatic heterocycles. The highest BCUT2D eigenvalue weighted by Crippen LogP contribution is 2.33. The van der Waals surface area contributed by atoms with Gasteiger partial charge in [0.25, 0.3) is 5.91 Å². The molecule has 1 amide bonds. The third kappa shape index (κ3) is 12.0. The highest BCUT2D eigenvalue weighted by molar-refractivity contribution is 5.85. The van der Waals surface area contributed by atoms with Gasteiger partial charge in [-0.2, -0.15) is 26.3 Å². The predicted octanol–water partition coefficient (Wildman–Crippen LogP) is 6.21. The van der Waals surface area contributed by atoms with E-state index >= 15 is 0 Å². The molecule has 0 fully saturated rings. The Morgan fingerprint density at radius 1 is 0.851 bits per heavy atom. The number of carbonyl (C=O) groups excluding carboxylic acids is 1. The maximum absolute atomic E-state index is 13.4. The molecule has 0 saturated heterocycles. The summed E-state index contributed by atoms with van der Waals surface area (Å²) in [7, 11) is 0. The van der Waals surface area contributed by atoms with E-state index in [1.54, 1.807) is 25.1 Å². The number of carbonyl (C=O) groups is 1. The molecule has 3 aromatic rings. The molecule has 258 valence electrons. The van der Waals surface area contributed by atoms with Gasteiger partial charge in [-0.15, -0.1) is 0 Å². The van der Waals surface area contributed by atoms with Crippen LogP contribution >= 0.6 is 0 Å². The van der Waals surface area contributed by atoms with Gasteiger partial charge < -0.3 is 29.4 Å². The minimum atomic E-state index is -4.58. The van der Waals surface area contributed by atoms with Crippen LogP contribution in [0.4, 0.5) is 26.3 Å². The monoisotopic (exact) mass is 672 g/mol.